The minimum atomic E-state index is -0.153. The van der Waals surface area contributed by atoms with Crippen molar-refractivity contribution < 1.29 is 4.79 Å². The third-order valence-corrected chi connectivity index (χ3v) is 5.24. The SMILES string of the molecule is C#CCN(Cc1ccc2nc(C)[nH]c(=O)c2c1)c1ccc(C(=O)NCCSC)cc1. The lowest BCUT2D eigenvalue weighted by Crippen LogP contribution is -2.26. The number of aromatic amines is 1. The van der Waals surface area contributed by atoms with Crippen LogP contribution in [0.2, 0.25) is 0 Å². The number of terminal acetylenes is 1. The van der Waals surface area contributed by atoms with E-state index in [1.54, 1.807) is 30.8 Å². The van der Waals surface area contributed by atoms with Crippen molar-refractivity contribution in [2.75, 3.05) is 30.0 Å². The fourth-order valence-corrected chi connectivity index (χ4v) is 3.47. The molecule has 1 aromatic heterocycles. The number of benzene rings is 2. The average molecular weight is 421 g/mol. The molecule has 1 heterocycles. The molecule has 0 atom stereocenters. The van der Waals surface area contributed by atoms with Gasteiger partial charge in [0.2, 0.25) is 0 Å². The summed E-state index contributed by atoms with van der Waals surface area (Å²) in [5.74, 6) is 4.06. The van der Waals surface area contributed by atoms with Gasteiger partial charge in [0.25, 0.3) is 11.5 Å². The van der Waals surface area contributed by atoms with Crippen LogP contribution in [0.5, 0.6) is 0 Å². The van der Waals surface area contributed by atoms with Crippen molar-refractivity contribution in [1.82, 2.24) is 15.3 Å². The van der Waals surface area contributed by atoms with Crippen LogP contribution in [-0.2, 0) is 6.54 Å². The normalized spacial score (nSPS) is 10.6. The number of rotatable bonds is 8. The van der Waals surface area contributed by atoms with Crippen LogP contribution < -0.4 is 15.8 Å². The standard InChI is InChI=1S/C23H24N4O2S/c1-4-12-27(19-8-6-18(7-9-19)22(28)24-11-13-30-3)15-17-5-10-21-20(14-17)23(29)26-16(2)25-21/h1,5-10,14H,11-13,15H2,2-3H3,(H,24,28)(H,25,26,29). The minimum absolute atomic E-state index is 0.0874. The van der Waals surface area contributed by atoms with Gasteiger partial charge in [-0.25, -0.2) is 4.98 Å². The van der Waals surface area contributed by atoms with Crippen LogP contribution >= 0.6 is 11.8 Å². The van der Waals surface area contributed by atoms with E-state index in [0.29, 0.717) is 41.9 Å². The topological polar surface area (TPSA) is 78.1 Å². The van der Waals surface area contributed by atoms with Gasteiger partial charge in [-0.3, -0.25) is 9.59 Å². The zero-order valence-corrected chi connectivity index (χ0v) is 17.9. The Morgan fingerprint density at radius 2 is 2.03 bits per heavy atom. The second kappa shape index (κ2) is 9.99. The first kappa shape index (κ1) is 21.5. The number of aryl methyl sites for hydroxylation is 1. The van der Waals surface area contributed by atoms with Crippen molar-refractivity contribution in [2.45, 2.75) is 13.5 Å². The molecule has 2 aromatic carbocycles. The number of nitrogens with one attached hydrogen (secondary N) is 2. The number of hydrogen-bond acceptors (Lipinski definition) is 5. The van der Waals surface area contributed by atoms with Gasteiger partial charge in [-0.05, 0) is 55.1 Å². The Bertz CT molecular complexity index is 1130. The van der Waals surface area contributed by atoms with Crippen molar-refractivity contribution in [1.29, 1.82) is 0 Å². The molecular weight excluding hydrogens is 396 g/mol. The molecule has 0 bridgehead atoms. The number of H-pyrrole nitrogens is 1. The molecule has 6 nitrogen and oxygen atoms in total. The van der Waals surface area contributed by atoms with Gasteiger partial charge >= 0.3 is 0 Å². The summed E-state index contributed by atoms with van der Waals surface area (Å²) in [6, 6.07) is 13.0. The number of anilines is 1. The van der Waals surface area contributed by atoms with Crippen molar-refractivity contribution in [3.8, 4) is 12.3 Å². The van der Waals surface area contributed by atoms with Crippen LogP contribution in [0.15, 0.2) is 47.3 Å². The summed E-state index contributed by atoms with van der Waals surface area (Å²) in [6.07, 6.45) is 7.58. The molecule has 0 aliphatic rings. The van der Waals surface area contributed by atoms with Crippen molar-refractivity contribution in [2.24, 2.45) is 0 Å². The quantitative estimate of drug-likeness (QED) is 0.433. The number of carbonyl (C=O) groups excluding carboxylic acids is 1. The minimum Gasteiger partial charge on any atom is -0.356 e. The van der Waals surface area contributed by atoms with E-state index in [-0.39, 0.29) is 11.5 Å². The van der Waals surface area contributed by atoms with Gasteiger partial charge in [0.1, 0.15) is 5.82 Å². The van der Waals surface area contributed by atoms with E-state index in [1.165, 1.54) is 0 Å². The van der Waals surface area contributed by atoms with E-state index >= 15 is 0 Å². The van der Waals surface area contributed by atoms with Crippen LogP contribution in [-0.4, -0.2) is 41.0 Å². The number of thioether (sulfide) groups is 1. The Morgan fingerprint density at radius 3 is 2.73 bits per heavy atom. The van der Waals surface area contributed by atoms with E-state index in [9.17, 15) is 9.59 Å². The Labute approximate surface area is 180 Å². The Kier molecular flexibility index (Phi) is 7.15. The molecule has 7 heteroatoms. The third-order valence-electron chi connectivity index (χ3n) is 4.63. The Balaban J connectivity index is 1.79. The zero-order chi connectivity index (χ0) is 21.5. The summed E-state index contributed by atoms with van der Waals surface area (Å²) in [5.41, 5.74) is 2.98. The molecule has 0 saturated heterocycles. The van der Waals surface area contributed by atoms with Crippen LogP contribution in [0.25, 0.3) is 10.9 Å². The lowest BCUT2D eigenvalue weighted by Gasteiger charge is -2.23. The molecule has 3 rings (SSSR count). The predicted molar refractivity (Wildman–Crippen MR) is 124 cm³/mol. The first-order valence-electron chi connectivity index (χ1n) is 9.57. The zero-order valence-electron chi connectivity index (χ0n) is 17.1. The number of carbonyl (C=O) groups is 1. The second-order valence-electron chi connectivity index (χ2n) is 6.86. The third kappa shape index (κ3) is 5.22. The highest BCUT2D eigenvalue weighted by atomic mass is 32.2. The summed E-state index contributed by atoms with van der Waals surface area (Å²) in [4.78, 5) is 33.6. The van der Waals surface area contributed by atoms with Crippen molar-refractivity contribution >= 4 is 34.3 Å². The largest absolute Gasteiger partial charge is 0.356 e. The van der Waals surface area contributed by atoms with Gasteiger partial charge < -0.3 is 15.2 Å². The smallest absolute Gasteiger partial charge is 0.258 e. The molecule has 30 heavy (non-hydrogen) atoms. The number of amides is 1. The summed E-state index contributed by atoms with van der Waals surface area (Å²) in [7, 11) is 0. The maximum Gasteiger partial charge on any atom is 0.258 e. The molecule has 3 aromatic rings. The van der Waals surface area contributed by atoms with Gasteiger partial charge in [-0.15, -0.1) is 6.42 Å². The fraction of sp³-hybridized carbons (Fsp3) is 0.261. The van der Waals surface area contributed by atoms with Gasteiger partial charge in [-0.1, -0.05) is 12.0 Å². The lowest BCUT2D eigenvalue weighted by atomic mass is 10.1. The molecule has 2 N–H and O–H groups in total. The molecule has 1 amide bonds. The molecule has 0 radical (unpaired) electrons. The van der Waals surface area contributed by atoms with Crippen LogP contribution in [0.1, 0.15) is 21.7 Å². The van der Waals surface area contributed by atoms with Crippen LogP contribution in [0.4, 0.5) is 5.69 Å². The molecule has 0 aliphatic heterocycles. The molecule has 0 fully saturated rings. The molecule has 0 aliphatic carbocycles. The highest BCUT2D eigenvalue weighted by molar-refractivity contribution is 7.98. The highest BCUT2D eigenvalue weighted by Gasteiger charge is 2.11. The van der Waals surface area contributed by atoms with E-state index in [2.05, 4.69) is 21.2 Å². The lowest BCUT2D eigenvalue weighted by molar-refractivity contribution is 0.0956. The average Bonchev–Trinajstić information content (AvgIpc) is 2.74. The summed E-state index contributed by atoms with van der Waals surface area (Å²) < 4.78 is 0. The van der Waals surface area contributed by atoms with Crippen LogP contribution in [0, 0.1) is 19.3 Å². The molecule has 0 saturated carbocycles. The van der Waals surface area contributed by atoms with E-state index in [0.717, 1.165) is 17.0 Å². The van der Waals surface area contributed by atoms with Gasteiger partial charge in [0, 0.05) is 30.1 Å². The maximum absolute atomic E-state index is 12.2. The molecule has 0 spiro atoms. The van der Waals surface area contributed by atoms with Gasteiger partial charge in [0.15, 0.2) is 0 Å². The Morgan fingerprint density at radius 1 is 1.27 bits per heavy atom. The number of aromatic nitrogens is 2. The summed E-state index contributed by atoms with van der Waals surface area (Å²) in [6.45, 7) is 3.34. The number of fused-ring (bicyclic) bond motifs is 1. The predicted octanol–water partition coefficient (Wildman–Crippen LogP) is 2.96. The fourth-order valence-electron chi connectivity index (χ4n) is 3.16. The maximum atomic E-state index is 12.2. The first-order chi connectivity index (χ1) is 14.5. The van der Waals surface area contributed by atoms with Crippen molar-refractivity contribution in [3.63, 3.8) is 0 Å². The summed E-state index contributed by atoms with van der Waals surface area (Å²) in [5, 5.41) is 3.45. The Hall–Kier alpha value is -3.24. The first-order valence-corrected chi connectivity index (χ1v) is 11.0. The molecular formula is C23H24N4O2S. The van der Waals surface area contributed by atoms with E-state index in [1.807, 2.05) is 41.5 Å². The molecule has 154 valence electrons. The molecule has 0 unspecified atom stereocenters. The van der Waals surface area contributed by atoms with E-state index in [4.69, 9.17) is 6.42 Å². The summed E-state index contributed by atoms with van der Waals surface area (Å²) >= 11 is 1.69. The number of nitrogens with zero attached hydrogens (tertiary/aromatic N) is 2. The van der Waals surface area contributed by atoms with E-state index < -0.39 is 0 Å². The van der Waals surface area contributed by atoms with Gasteiger partial charge in [-0.2, -0.15) is 11.8 Å². The van der Waals surface area contributed by atoms with Crippen molar-refractivity contribution in [3.05, 3.63) is 69.8 Å². The number of hydrogen-bond donors (Lipinski definition) is 2. The second-order valence-corrected chi connectivity index (χ2v) is 7.84. The highest BCUT2D eigenvalue weighted by Crippen LogP contribution is 2.19. The monoisotopic (exact) mass is 420 g/mol. The van der Waals surface area contributed by atoms with Gasteiger partial charge in [0.05, 0.1) is 17.4 Å². The van der Waals surface area contributed by atoms with Crippen LogP contribution in [0.3, 0.4) is 0 Å².